The lowest BCUT2D eigenvalue weighted by Gasteiger charge is -2.32. The van der Waals surface area contributed by atoms with Crippen LogP contribution in [0, 0.1) is 17.7 Å². The van der Waals surface area contributed by atoms with Crippen molar-refractivity contribution in [3.63, 3.8) is 0 Å². The van der Waals surface area contributed by atoms with Gasteiger partial charge in [-0.05, 0) is 61.8 Å². The number of nitrogens with zero attached hydrogens (tertiary/aromatic N) is 1. The third kappa shape index (κ3) is 3.81. The number of rotatable bonds is 6. The lowest BCUT2D eigenvalue weighted by atomic mass is 9.95. The Morgan fingerprint density at radius 3 is 2.44 bits per heavy atom. The van der Waals surface area contributed by atoms with E-state index in [4.69, 9.17) is 0 Å². The highest BCUT2D eigenvalue weighted by atomic mass is 32.2. The number of halogens is 1. The molecule has 2 aliphatic carbocycles. The molecule has 0 radical (unpaired) electrons. The van der Waals surface area contributed by atoms with Crippen LogP contribution in [0.15, 0.2) is 24.3 Å². The molecule has 4 atom stereocenters. The number of anilines is 1. The van der Waals surface area contributed by atoms with Gasteiger partial charge in [-0.25, -0.2) is 12.8 Å². The molecule has 0 aliphatic heterocycles. The van der Waals surface area contributed by atoms with Crippen molar-refractivity contribution in [1.82, 2.24) is 5.32 Å². The van der Waals surface area contributed by atoms with Gasteiger partial charge in [-0.2, -0.15) is 0 Å². The zero-order valence-corrected chi connectivity index (χ0v) is 15.4. The van der Waals surface area contributed by atoms with Gasteiger partial charge in [0.15, 0.2) is 0 Å². The average molecular weight is 368 g/mol. The van der Waals surface area contributed by atoms with Gasteiger partial charge in [0.2, 0.25) is 15.9 Å². The van der Waals surface area contributed by atoms with Crippen LogP contribution in [-0.4, -0.2) is 32.7 Å². The van der Waals surface area contributed by atoms with E-state index in [1.165, 1.54) is 30.7 Å². The minimum Gasteiger partial charge on any atom is -0.351 e. The van der Waals surface area contributed by atoms with Crippen LogP contribution < -0.4 is 9.62 Å². The molecule has 1 amide bonds. The molecule has 2 aliphatic rings. The van der Waals surface area contributed by atoms with Gasteiger partial charge < -0.3 is 5.32 Å². The van der Waals surface area contributed by atoms with Crippen LogP contribution in [0.3, 0.4) is 0 Å². The summed E-state index contributed by atoms with van der Waals surface area (Å²) >= 11 is 0. The number of carbonyl (C=O) groups excluding carboxylic acids is 1. The number of nitrogens with one attached hydrogen (secondary N) is 1. The predicted molar refractivity (Wildman–Crippen MR) is 95.2 cm³/mol. The first-order valence-corrected chi connectivity index (χ1v) is 10.7. The molecule has 138 valence electrons. The fourth-order valence-corrected chi connectivity index (χ4v) is 5.56. The van der Waals surface area contributed by atoms with E-state index in [1.54, 1.807) is 6.92 Å². The summed E-state index contributed by atoms with van der Waals surface area (Å²) in [7, 11) is -3.68. The molecule has 1 N–H and O–H groups in total. The van der Waals surface area contributed by atoms with Crippen LogP contribution in [0.25, 0.3) is 0 Å². The number of amides is 1. The SMILES string of the molecule is CC[C@H](C(=O)N[C@@H]1C[C@@H]2CC[C@@H]1C2)N(c1ccc(F)cc1)S(C)(=O)=O. The highest BCUT2D eigenvalue weighted by Crippen LogP contribution is 2.44. The number of benzene rings is 1. The highest BCUT2D eigenvalue weighted by molar-refractivity contribution is 7.92. The summed E-state index contributed by atoms with van der Waals surface area (Å²) in [6.45, 7) is 1.78. The maximum absolute atomic E-state index is 13.2. The van der Waals surface area contributed by atoms with Gasteiger partial charge in [0.25, 0.3) is 0 Å². The van der Waals surface area contributed by atoms with E-state index in [0.717, 1.165) is 29.8 Å². The van der Waals surface area contributed by atoms with Crippen LogP contribution in [0.5, 0.6) is 0 Å². The Bertz CT molecular complexity index is 735. The molecule has 1 aromatic carbocycles. The van der Waals surface area contributed by atoms with E-state index < -0.39 is 21.9 Å². The topological polar surface area (TPSA) is 66.5 Å². The maximum Gasteiger partial charge on any atom is 0.244 e. The number of fused-ring (bicyclic) bond motifs is 2. The van der Waals surface area contributed by atoms with Crippen molar-refractivity contribution in [2.24, 2.45) is 11.8 Å². The molecule has 7 heteroatoms. The molecule has 2 fully saturated rings. The number of sulfonamides is 1. The van der Waals surface area contributed by atoms with Crippen LogP contribution in [0.4, 0.5) is 10.1 Å². The standard InChI is InChI=1S/C18H25FN2O3S/c1-3-17(18(22)20-16-11-12-4-5-13(16)10-12)21(25(2,23)24)15-8-6-14(19)7-9-15/h6-9,12-13,16-17H,3-5,10-11H2,1-2H3,(H,20,22)/t12-,13-,16-,17-/m1/s1. The molecule has 0 aromatic heterocycles. The Labute approximate surface area is 148 Å². The van der Waals surface area contributed by atoms with Crippen molar-refractivity contribution in [2.45, 2.75) is 51.1 Å². The monoisotopic (exact) mass is 368 g/mol. The summed E-state index contributed by atoms with van der Waals surface area (Å²) in [5.74, 6) is 0.494. The minimum absolute atomic E-state index is 0.148. The Morgan fingerprint density at radius 1 is 1.28 bits per heavy atom. The maximum atomic E-state index is 13.2. The molecule has 0 heterocycles. The first-order chi connectivity index (χ1) is 11.8. The summed E-state index contributed by atoms with van der Waals surface area (Å²) in [4.78, 5) is 12.8. The van der Waals surface area contributed by atoms with Crippen LogP contribution in [0.1, 0.15) is 39.0 Å². The fourth-order valence-electron chi connectivity index (χ4n) is 4.35. The Hall–Kier alpha value is -1.63. The van der Waals surface area contributed by atoms with E-state index in [0.29, 0.717) is 23.9 Å². The summed E-state index contributed by atoms with van der Waals surface area (Å²) in [6, 6.07) is 4.50. The molecule has 3 rings (SSSR count). The van der Waals surface area contributed by atoms with E-state index in [2.05, 4.69) is 5.32 Å². The highest BCUT2D eigenvalue weighted by Gasteiger charge is 2.41. The Kier molecular flexibility index (Phi) is 5.04. The summed E-state index contributed by atoms with van der Waals surface area (Å²) in [5.41, 5.74) is 0.304. The molecule has 2 saturated carbocycles. The fraction of sp³-hybridized carbons (Fsp3) is 0.611. The quantitative estimate of drug-likeness (QED) is 0.839. The van der Waals surface area contributed by atoms with Gasteiger partial charge in [0, 0.05) is 6.04 Å². The normalized spacial score (nSPS) is 26.4. The largest absolute Gasteiger partial charge is 0.351 e. The van der Waals surface area contributed by atoms with Crippen molar-refractivity contribution >= 4 is 21.6 Å². The Morgan fingerprint density at radius 2 is 1.96 bits per heavy atom. The molecular weight excluding hydrogens is 343 g/mol. The summed E-state index contributed by atoms with van der Waals surface area (Å²) < 4.78 is 39.0. The van der Waals surface area contributed by atoms with Crippen molar-refractivity contribution in [3.8, 4) is 0 Å². The average Bonchev–Trinajstić information content (AvgIpc) is 3.15. The van der Waals surface area contributed by atoms with E-state index in [-0.39, 0.29) is 11.9 Å². The lowest BCUT2D eigenvalue weighted by Crippen LogP contribution is -2.52. The molecule has 1 aromatic rings. The Balaban J connectivity index is 1.82. The van der Waals surface area contributed by atoms with Crippen molar-refractivity contribution < 1.29 is 17.6 Å². The van der Waals surface area contributed by atoms with Crippen molar-refractivity contribution in [3.05, 3.63) is 30.1 Å². The smallest absolute Gasteiger partial charge is 0.244 e. The van der Waals surface area contributed by atoms with Gasteiger partial charge in [0.05, 0.1) is 11.9 Å². The van der Waals surface area contributed by atoms with E-state index >= 15 is 0 Å². The zero-order chi connectivity index (χ0) is 18.2. The number of hydrogen-bond donors (Lipinski definition) is 1. The first kappa shape index (κ1) is 18.2. The van der Waals surface area contributed by atoms with Gasteiger partial charge in [-0.3, -0.25) is 9.10 Å². The molecular formula is C18H25FN2O3S. The minimum atomic E-state index is -3.68. The first-order valence-electron chi connectivity index (χ1n) is 8.85. The molecule has 0 saturated heterocycles. The molecule has 0 unspecified atom stereocenters. The second-order valence-corrected chi connectivity index (χ2v) is 9.11. The molecule has 0 spiro atoms. The van der Waals surface area contributed by atoms with Crippen LogP contribution in [-0.2, 0) is 14.8 Å². The third-order valence-corrected chi connectivity index (χ3v) is 6.66. The molecule has 25 heavy (non-hydrogen) atoms. The number of carbonyl (C=O) groups is 1. The van der Waals surface area contributed by atoms with Gasteiger partial charge in [-0.1, -0.05) is 13.3 Å². The third-order valence-electron chi connectivity index (χ3n) is 5.48. The van der Waals surface area contributed by atoms with Gasteiger partial charge in [-0.15, -0.1) is 0 Å². The second kappa shape index (κ2) is 6.94. The zero-order valence-electron chi connectivity index (χ0n) is 14.6. The van der Waals surface area contributed by atoms with E-state index in [9.17, 15) is 17.6 Å². The van der Waals surface area contributed by atoms with E-state index in [1.807, 2.05) is 0 Å². The predicted octanol–water partition coefficient (Wildman–Crippen LogP) is 2.68. The lowest BCUT2D eigenvalue weighted by molar-refractivity contribution is -0.123. The van der Waals surface area contributed by atoms with Crippen molar-refractivity contribution in [1.29, 1.82) is 0 Å². The molecule has 5 nitrogen and oxygen atoms in total. The molecule has 2 bridgehead atoms. The van der Waals surface area contributed by atoms with Gasteiger partial charge >= 0.3 is 0 Å². The van der Waals surface area contributed by atoms with Crippen LogP contribution >= 0.6 is 0 Å². The van der Waals surface area contributed by atoms with Crippen molar-refractivity contribution in [2.75, 3.05) is 10.6 Å². The summed E-state index contributed by atoms with van der Waals surface area (Å²) in [6.07, 6.45) is 5.94. The number of hydrogen-bond acceptors (Lipinski definition) is 3. The van der Waals surface area contributed by atoms with Crippen LogP contribution in [0.2, 0.25) is 0 Å². The summed E-state index contributed by atoms with van der Waals surface area (Å²) in [5, 5.41) is 3.08. The van der Waals surface area contributed by atoms with Gasteiger partial charge in [0.1, 0.15) is 11.9 Å². The second-order valence-electron chi connectivity index (χ2n) is 7.25.